The molecule has 0 saturated carbocycles. The van der Waals surface area contributed by atoms with Crippen molar-refractivity contribution in [3.63, 3.8) is 0 Å². The third-order valence-corrected chi connectivity index (χ3v) is 13.7. The number of rotatable bonds is 56. The molecule has 1 N–H and O–H groups in total. The Morgan fingerprint density at radius 3 is 0.896 bits per heavy atom. The van der Waals surface area contributed by atoms with E-state index in [0.717, 1.165) is 44.9 Å². The van der Waals surface area contributed by atoms with E-state index in [0.29, 0.717) is 12.8 Å². The molecule has 0 aromatic carbocycles. The van der Waals surface area contributed by atoms with Crippen LogP contribution in [-0.2, 0) is 19.1 Å². The fourth-order valence-corrected chi connectivity index (χ4v) is 9.11. The van der Waals surface area contributed by atoms with Gasteiger partial charge in [0, 0.05) is 12.8 Å². The number of aliphatic hydroxyl groups is 1. The molecule has 0 saturated heterocycles. The zero-order valence-electron chi connectivity index (χ0n) is 45.2. The Bertz CT molecular complexity index is 1060. The lowest BCUT2D eigenvalue weighted by Crippen LogP contribution is -2.28. The van der Waals surface area contributed by atoms with Crippen molar-refractivity contribution >= 4 is 11.9 Å². The summed E-state index contributed by atoms with van der Waals surface area (Å²) >= 11 is 0. The minimum absolute atomic E-state index is 0.0632. The summed E-state index contributed by atoms with van der Waals surface area (Å²) in [7, 11) is 0. The van der Waals surface area contributed by atoms with Crippen LogP contribution in [0.25, 0.3) is 0 Å². The Kier molecular flexibility index (Phi) is 56.8. The summed E-state index contributed by atoms with van der Waals surface area (Å²) in [5.41, 5.74) is 0. The topological polar surface area (TPSA) is 72.8 Å². The summed E-state index contributed by atoms with van der Waals surface area (Å²) in [5, 5.41) is 9.65. The fraction of sp³-hybridized carbons (Fsp3) is 0.871. The second-order valence-electron chi connectivity index (χ2n) is 20.4. The molecule has 0 aliphatic carbocycles. The highest BCUT2D eigenvalue weighted by molar-refractivity contribution is 5.70. The molecule has 394 valence electrons. The highest BCUT2D eigenvalue weighted by atomic mass is 16.6. The third kappa shape index (κ3) is 56.6. The number of ether oxygens (including phenoxy) is 2. The standard InChI is InChI=1S/C62H116O5/c1-3-5-7-9-11-13-15-17-19-21-23-24-25-26-27-28-29-30-31-32-33-34-35-36-37-38-39-41-43-45-47-49-51-53-55-57-62(65)67-60(58-63)59-66-61(64)56-54-52-50-48-46-44-42-40-22-20-18-16-14-12-10-8-6-4-2/h15,17,20-23,60,63H,3-14,16,18-19,24-59H2,1-2H3/b17-15-,22-20-,23-21-. The lowest BCUT2D eigenvalue weighted by molar-refractivity contribution is -0.161. The molecule has 0 aromatic heterocycles. The van der Waals surface area contributed by atoms with Gasteiger partial charge in [-0.25, -0.2) is 0 Å². The molecule has 0 radical (unpaired) electrons. The number of hydrogen-bond acceptors (Lipinski definition) is 5. The average molecular weight is 942 g/mol. The smallest absolute Gasteiger partial charge is 0.306 e. The van der Waals surface area contributed by atoms with Crippen molar-refractivity contribution in [3.8, 4) is 0 Å². The van der Waals surface area contributed by atoms with Crippen molar-refractivity contribution < 1.29 is 24.2 Å². The van der Waals surface area contributed by atoms with Crippen LogP contribution >= 0.6 is 0 Å². The van der Waals surface area contributed by atoms with Gasteiger partial charge in [0.1, 0.15) is 6.61 Å². The first-order valence-corrected chi connectivity index (χ1v) is 30.0. The second kappa shape index (κ2) is 58.4. The van der Waals surface area contributed by atoms with Gasteiger partial charge in [0.15, 0.2) is 6.10 Å². The molecule has 67 heavy (non-hydrogen) atoms. The van der Waals surface area contributed by atoms with Crippen molar-refractivity contribution in [2.75, 3.05) is 13.2 Å². The summed E-state index contributed by atoms with van der Waals surface area (Å²) in [6.07, 6.45) is 75.7. The average Bonchev–Trinajstić information content (AvgIpc) is 3.33. The molecular weight excluding hydrogens is 825 g/mol. The van der Waals surface area contributed by atoms with Gasteiger partial charge < -0.3 is 14.6 Å². The summed E-state index contributed by atoms with van der Waals surface area (Å²) in [6, 6.07) is 0. The van der Waals surface area contributed by atoms with E-state index < -0.39 is 6.10 Å². The Labute approximate surface area is 418 Å². The zero-order valence-corrected chi connectivity index (χ0v) is 45.2. The quantitative estimate of drug-likeness (QED) is 0.0374. The van der Waals surface area contributed by atoms with E-state index >= 15 is 0 Å². The molecule has 0 rings (SSSR count). The molecule has 0 spiro atoms. The molecule has 5 heteroatoms. The van der Waals surface area contributed by atoms with Crippen molar-refractivity contribution in [2.45, 2.75) is 335 Å². The van der Waals surface area contributed by atoms with E-state index in [4.69, 9.17) is 9.47 Å². The first-order chi connectivity index (χ1) is 33.1. The summed E-state index contributed by atoms with van der Waals surface area (Å²) in [6.45, 7) is 4.17. The minimum atomic E-state index is -0.771. The van der Waals surface area contributed by atoms with Crippen LogP contribution in [0, 0.1) is 0 Å². The van der Waals surface area contributed by atoms with Gasteiger partial charge in [-0.15, -0.1) is 0 Å². The van der Waals surface area contributed by atoms with Crippen LogP contribution in [0.3, 0.4) is 0 Å². The first kappa shape index (κ1) is 65.1. The maximum atomic E-state index is 12.3. The van der Waals surface area contributed by atoms with Crippen molar-refractivity contribution in [1.29, 1.82) is 0 Å². The van der Waals surface area contributed by atoms with Crippen molar-refractivity contribution in [3.05, 3.63) is 36.5 Å². The Hall–Kier alpha value is -1.88. The van der Waals surface area contributed by atoms with Gasteiger partial charge in [-0.2, -0.15) is 0 Å². The molecule has 1 atom stereocenters. The van der Waals surface area contributed by atoms with E-state index in [1.807, 2.05) is 0 Å². The Balaban J connectivity index is 3.40. The van der Waals surface area contributed by atoms with Gasteiger partial charge in [-0.1, -0.05) is 281 Å². The highest BCUT2D eigenvalue weighted by Crippen LogP contribution is 2.17. The maximum absolute atomic E-state index is 12.3. The monoisotopic (exact) mass is 941 g/mol. The van der Waals surface area contributed by atoms with E-state index in [-0.39, 0.29) is 25.2 Å². The molecule has 0 aromatic rings. The van der Waals surface area contributed by atoms with Crippen LogP contribution < -0.4 is 0 Å². The molecule has 0 fully saturated rings. The van der Waals surface area contributed by atoms with Crippen LogP contribution in [-0.4, -0.2) is 36.4 Å². The molecule has 0 heterocycles. The van der Waals surface area contributed by atoms with Crippen LogP contribution in [0.4, 0.5) is 0 Å². The Morgan fingerprint density at radius 2 is 0.597 bits per heavy atom. The normalized spacial score (nSPS) is 12.3. The maximum Gasteiger partial charge on any atom is 0.306 e. The van der Waals surface area contributed by atoms with Crippen LogP contribution in [0.5, 0.6) is 0 Å². The lowest BCUT2D eigenvalue weighted by atomic mass is 10.0. The number of aliphatic hydroxyl groups excluding tert-OH is 1. The molecule has 1 unspecified atom stereocenters. The number of carbonyl (C=O) groups is 2. The van der Waals surface area contributed by atoms with Crippen LogP contribution in [0.15, 0.2) is 36.5 Å². The summed E-state index contributed by atoms with van der Waals surface area (Å²) < 4.78 is 10.7. The number of esters is 2. The van der Waals surface area contributed by atoms with Gasteiger partial charge in [-0.3, -0.25) is 9.59 Å². The van der Waals surface area contributed by atoms with E-state index in [1.54, 1.807) is 0 Å². The van der Waals surface area contributed by atoms with Crippen molar-refractivity contribution in [1.82, 2.24) is 0 Å². The fourth-order valence-electron chi connectivity index (χ4n) is 9.11. The van der Waals surface area contributed by atoms with E-state index in [9.17, 15) is 14.7 Å². The number of unbranched alkanes of at least 4 members (excludes halogenated alkanes) is 42. The molecule has 0 bridgehead atoms. The molecule has 0 aliphatic heterocycles. The highest BCUT2D eigenvalue weighted by Gasteiger charge is 2.16. The number of allylic oxidation sites excluding steroid dienone is 6. The van der Waals surface area contributed by atoms with Crippen LogP contribution in [0.2, 0.25) is 0 Å². The van der Waals surface area contributed by atoms with Gasteiger partial charge in [-0.05, 0) is 70.6 Å². The SMILES string of the molecule is CCCCCCC/C=C\C/C=C\CCCCCCCCCCCCCCCCCCCCCCCCCC(=O)OC(CO)COC(=O)CCCCCCCCC/C=C\CCCCCCCCC. The largest absolute Gasteiger partial charge is 0.462 e. The van der Waals surface area contributed by atoms with E-state index in [1.165, 1.54) is 257 Å². The van der Waals surface area contributed by atoms with Crippen LogP contribution in [0.1, 0.15) is 328 Å². The minimum Gasteiger partial charge on any atom is -0.462 e. The van der Waals surface area contributed by atoms with Gasteiger partial charge in [0.25, 0.3) is 0 Å². The summed E-state index contributed by atoms with van der Waals surface area (Å²) in [5.74, 6) is -0.578. The van der Waals surface area contributed by atoms with Gasteiger partial charge >= 0.3 is 11.9 Å². The third-order valence-electron chi connectivity index (χ3n) is 13.7. The molecular formula is C62H116O5. The number of hydrogen-bond donors (Lipinski definition) is 1. The van der Waals surface area contributed by atoms with Crippen molar-refractivity contribution in [2.24, 2.45) is 0 Å². The number of carbonyl (C=O) groups excluding carboxylic acids is 2. The second-order valence-corrected chi connectivity index (χ2v) is 20.4. The predicted molar refractivity (Wildman–Crippen MR) is 293 cm³/mol. The summed E-state index contributed by atoms with van der Waals surface area (Å²) in [4.78, 5) is 24.5. The predicted octanol–water partition coefficient (Wildman–Crippen LogP) is 20.3. The van der Waals surface area contributed by atoms with E-state index in [2.05, 4.69) is 50.3 Å². The van der Waals surface area contributed by atoms with Gasteiger partial charge in [0.05, 0.1) is 6.61 Å². The molecule has 5 nitrogen and oxygen atoms in total. The lowest BCUT2D eigenvalue weighted by Gasteiger charge is -2.15. The zero-order chi connectivity index (χ0) is 48.5. The van der Waals surface area contributed by atoms with Gasteiger partial charge in [0.2, 0.25) is 0 Å². The first-order valence-electron chi connectivity index (χ1n) is 30.0. The Morgan fingerprint density at radius 1 is 0.343 bits per heavy atom. The molecule has 0 aliphatic rings. The molecule has 0 amide bonds.